The minimum absolute atomic E-state index is 0.0936. The van der Waals surface area contributed by atoms with Gasteiger partial charge in [-0.25, -0.2) is 13.2 Å². The Morgan fingerprint density at radius 3 is 1.93 bits per heavy atom. The average molecular weight is 201 g/mol. The van der Waals surface area contributed by atoms with Crippen LogP contribution in [0.25, 0.3) is 0 Å². The van der Waals surface area contributed by atoms with Gasteiger partial charge in [0, 0.05) is 25.2 Å². The maximum absolute atomic E-state index is 13.2. The van der Waals surface area contributed by atoms with Crippen LogP contribution in [0.3, 0.4) is 0 Å². The number of nitrogens with zero attached hydrogens (tertiary/aromatic N) is 1. The molecule has 0 spiro atoms. The zero-order chi connectivity index (χ0) is 10.1. The van der Waals surface area contributed by atoms with Crippen LogP contribution >= 0.6 is 0 Å². The maximum Gasteiger partial charge on any atom is 0.152 e. The summed E-state index contributed by atoms with van der Waals surface area (Å²) in [6, 6.07) is 1.44. The van der Waals surface area contributed by atoms with Crippen molar-refractivity contribution < 1.29 is 13.2 Å². The highest BCUT2D eigenvalue weighted by atomic mass is 19.1. The van der Waals surface area contributed by atoms with Crippen molar-refractivity contribution in [1.29, 1.82) is 0 Å². The fourth-order valence-electron chi connectivity index (χ4n) is 1.78. The largest absolute Gasteiger partial charge is 0.367 e. The Labute approximate surface area is 80.1 Å². The Morgan fingerprint density at radius 2 is 1.43 bits per heavy atom. The normalized spacial score (nSPS) is 16.4. The molecule has 76 valence electrons. The van der Waals surface area contributed by atoms with Crippen molar-refractivity contribution in [3.05, 3.63) is 29.6 Å². The molecule has 1 nitrogen and oxygen atoms in total. The molecule has 0 bridgehead atoms. The monoisotopic (exact) mass is 201 g/mol. The van der Waals surface area contributed by atoms with Gasteiger partial charge < -0.3 is 4.90 Å². The summed E-state index contributed by atoms with van der Waals surface area (Å²) < 4.78 is 39.1. The van der Waals surface area contributed by atoms with Crippen molar-refractivity contribution in [3.8, 4) is 0 Å². The van der Waals surface area contributed by atoms with Crippen LogP contribution in [0.15, 0.2) is 12.1 Å². The van der Waals surface area contributed by atoms with E-state index in [4.69, 9.17) is 0 Å². The highest BCUT2D eigenvalue weighted by molar-refractivity contribution is 5.50. The van der Waals surface area contributed by atoms with E-state index in [1.807, 2.05) is 0 Å². The fourth-order valence-corrected chi connectivity index (χ4v) is 1.78. The van der Waals surface area contributed by atoms with Gasteiger partial charge in [-0.1, -0.05) is 0 Å². The highest BCUT2D eigenvalue weighted by Gasteiger charge is 2.20. The fraction of sp³-hybridized carbons (Fsp3) is 0.400. The van der Waals surface area contributed by atoms with Crippen molar-refractivity contribution in [2.75, 3.05) is 18.0 Å². The van der Waals surface area contributed by atoms with E-state index in [-0.39, 0.29) is 5.69 Å². The van der Waals surface area contributed by atoms with Gasteiger partial charge in [0.1, 0.15) is 11.5 Å². The van der Waals surface area contributed by atoms with E-state index in [2.05, 4.69) is 0 Å². The quantitative estimate of drug-likeness (QED) is 0.675. The first-order valence-electron chi connectivity index (χ1n) is 4.58. The number of halogens is 3. The molecule has 0 atom stereocenters. The van der Waals surface area contributed by atoms with E-state index in [0.717, 1.165) is 25.0 Å². The van der Waals surface area contributed by atoms with Crippen LogP contribution in [-0.4, -0.2) is 13.1 Å². The molecular weight excluding hydrogens is 191 g/mol. The molecule has 0 saturated carbocycles. The van der Waals surface area contributed by atoms with Gasteiger partial charge in [0.05, 0.1) is 0 Å². The van der Waals surface area contributed by atoms with Crippen LogP contribution in [0.4, 0.5) is 18.9 Å². The Kier molecular flexibility index (Phi) is 2.35. The summed E-state index contributed by atoms with van der Waals surface area (Å²) in [6.07, 6.45) is 1.85. The van der Waals surface area contributed by atoms with E-state index >= 15 is 0 Å². The smallest absolute Gasteiger partial charge is 0.152 e. The van der Waals surface area contributed by atoms with Crippen LogP contribution in [0, 0.1) is 17.5 Å². The Morgan fingerprint density at radius 1 is 0.929 bits per heavy atom. The zero-order valence-electron chi connectivity index (χ0n) is 7.56. The van der Waals surface area contributed by atoms with Crippen molar-refractivity contribution in [2.24, 2.45) is 0 Å². The molecule has 0 N–H and O–H groups in total. The van der Waals surface area contributed by atoms with Gasteiger partial charge in [-0.15, -0.1) is 0 Å². The summed E-state index contributed by atoms with van der Waals surface area (Å²) in [4.78, 5) is 1.62. The predicted molar refractivity (Wildman–Crippen MR) is 47.8 cm³/mol. The summed E-state index contributed by atoms with van der Waals surface area (Å²) >= 11 is 0. The summed E-state index contributed by atoms with van der Waals surface area (Å²) in [6.45, 7) is 1.28. The van der Waals surface area contributed by atoms with Crippen molar-refractivity contribution in [3.63, 3.8) is 0 Å². The van der Waals surface area contributed by atoms with Gasteiger partial charge in [-0.3, -0.25) is 0 Å². The summed E-state index contributed by atoms with van der Waals surface area (Å²) in [7, 11) is 0. The molecule has 1 saturated heterocycles. The van der Waals surface area contributed by atoms with Crippen LogP contribution in [0.1, 0.15) is 12.8 Å². The Bertz CT molecular complexity index is 322. The second-order valence-corrected chi connectivity index (χ2v) is 3.41. The van der Waals surface area contributed by atoms with Crippen molar-refractivity contribution in [1.82, 2.24) is 0 Å². The molecule has 0 unspecified atom stereocenters. The molecule has 1 aromatic rings. The standard InChI is InChI=1S/C10H10F3N/c11-7-5-8(12)10(9(13)6-7)14-3-1-2-4-14/h5-6H,1-4H2. The summed E-state index contributed by atoms with van der Waals surface area (Å²) in [5.41, 5.74) is -0.0936. The van der Waals surface area contributed by atoms with Crippen molar-refractivity contribution in [2.45, 2.75) is 12.8 Å². The van der Waals surface area contributed by atoms with Crippen molar-refractivity contribution >= 4 is 5.69 Å². The number of hydrogen-bond donors (Lipinski definition) is 0. The van der Waals surface area contributed by atoms with Crippen LogP contribution in [0.5, 0.6) is 0 Å². The Balaban J connectivity index is 2.40. The number of benzene rings is 1. The highest BCUT2D eigenvalue weighted by Crippen LogP contribution is 2.27. The van der Waals surface area contributed by atoms with Crippen LogP contribution in [0.2, 0.25) is 0 Å². The molecule has 4 heteroatoms. The molecule has 0 amide bonds. The minimum Gasteiger partial charge on any atom is -0.367 e. The second kappa shape index (κ2) is 3.52. The van der Waals surface area contributed by atoms with E-state index < -0.39 is 17.5 Å². The lowest BCUT2D eigenvalue weighted by atomic mass is 10.2. The molecule has 1 fully saturated rings. The van der Waals surface area contributed by atoms with Gasteiger partial charge in [0.2, 0.25) is 0 Å². The lowest BCUT2D eigenvalue weighted by Gasteiger charge is -2.18. The van der Waals surface area contributed by atoms with Gasteiger partial charge >= 0.3 is 0 Å². The topological polar surface area (TPSA) is 3.24 Å². The van der Waals surface area contributed by atoms with Gasteiger partial charge in [0.25, 0.3) is 0 Å². The lowest BCUT2D eigenvalue weighted by Crippen LogP contribution is -2.20. The third-order valence-corrected chi connectivity index (χ3v) is 2.40. The molecule has 0 aliphatic carbocycles. The molecule has 14 heavy (non-hydrogen) atoms. The SMILES string of the molecule is Fc1cc(F)c(N2CCCC2)c(F)c1. The molecule has 1 aromatic carbocycles. The number of hydrogen-bond acceptors (Lipinski definition) is 1. The summed E-state index contributed by atoms with van der Waals surface area (Å²) in [5, 5.41) is 0. The molecule has 1 aliphatic rings. The number of anilines is 1. The van der Waals surface area contributed by atoms with Gasteiger partial charge in [-0.05, 0) is 12.8 Å². The second-order valence-electron chi connectivity index (χ2n) is 3.41. The Hall–Kier alpha value is -1.19. The van der Waals surface area contributed by atoms with Gasteiger partial charge in [-0.2, -0.15) is 0 Å². The third kappa shape index (κ3) is 1.56. The van der Waals surface area contributed by atoms with E-state index in [1.54, 1.807) is 4.90 Å². The molecule has 0 radical (unpaired) electrons. The molecule has 1 aliphatic heterocycles. The molecule has 0 aromatic heterocycles. The van der Waals surface area contributed by atoms with Crippen LogP contribution < -0.4 is 4.90 Å². The van der Waals surface area contributed by atoms with E-state index in [9.17, 15) is 13.2 Å². The zero-order valence-corrected chi connectivity index (χ0v) is 7.56. The molecule has 1 heterocycles. The first-order chi connectivity index (χ1) is 6.68. The van der Waals surface area contributed by atoms with Gasteiger partial charge in [0.15, 0.2) is 11.6 Å². The number of rotatable bonds is 1. The lowest BCUT2D eigenvalue weighted by molar-refractivity contribution is 0.540. The van der Waals surface area contributed by atoms with E-state index in [0.29, 0.717) is 13.1 Å². The minimum atomic E-state index is -0.872. The van der Waals surface area contributed by atoms with E-state index in [1.165, 1.54) is 0 Å². The summed E-state index contributed by atoms with van der Waals surface area (Å²) in [5.74, 6) is -2.50. The maximum atomic E-state index is 13.2. The predicted octanol–water partition coefficient (Wildman–Crippen LogP) is 2.70. The first-order valence-corrected chi connectivity index (χ1v) is 4.58. The molecular formula is C10H10F3N. The first kappa shape index (κ1) is 9.37. The third-order valence-electron chi connectivity index (χ3n) is 2.40. The average Bonchev–Trinajstić information content (AvgIpc) is 2.54. The van der Waals surface area contributed by atoms with Crippen LogP contribution in [-0.2, 0) is 0 Å². The molecule has 2 rings (SSSR count).